The Hall–Kier alpha value is -3.01. The summed E-state index contributed by atoms with van der Waals surface area (Å²) in [7, 11) is -2.15. The highest BCUT2D eigenvalue weighted by Crippen LogP contribution is 2.34. The van der Waals surface area contributed by atoms with E-state index in [0.29, 0.717) is 15.9 Å². The third-order valence-corrected chi connectivity index (χ3v) is 8.21. The van der Waals surface area contributed by atoms with E-state index in [1.165, 1.54) is 35.5 Å². The Morgan fingerprint density at radius 2 is 1.94 bits per heavy atom. The number of pyridine rings is 1. The molecule has 10 heteroatoms. The zero-order valence-corrected chi connectivity index (χ0v) is 21.0. The van der Waals surface area contributed by atoms with Crippen molar-refractivity contribution >= 4 is 54.0 Å². The molecule has 0 aliphatic heterocycles. The van der Waals surface area contributed by atoms with Gasteiger partial charge in [-0.25, -0.2) is 13.4 Å². The van der Waals surface area contributed by atoms with Crippen molar-refractivity contribution in [1.29, 1.82) is 0 Å². The molecule has 2 heterocycles. The monoisotopic (exact) mass is 515 g/mol. The number of fused-ring (bicyclic) bond motifs is 1. The molecule has 1 amide bonds. The lowest BCUT2D eigenvalue weighted by molar-refractivity contribution is -0.118. The summed E-state index contributed by atoms with van der Waals surface area (Å²) in [6.45, 7) is 2.13. The van der Waals surface area contributed by atoms with Gasteiger partial charge in [-0.1, -0.05) is 29.0 Å². The maximum atomic E-state index is 13.3. The number of thiazole rings is 1. The van der Waals surface area contributed by atoms with Crippen LogP contribution in [-0.4, -0.2) is 37.2 Å². The predicted octanol–water partition coefficient (Wildman–Crippen LogP) is 5.06. The minimum atomic E-state index is -3.66. The molecular weight excluding hydrogens is 494 g/mol. The van der Waals surface area contributed by atoms with Crippen molar-refractivity contribution in [2.45, 2.75) is 24.8 Å². The van der Waals surface area contributed by atoms with Crippen molar-refractivity contribution in [3.05, 3.63) is 77.1 Å². The van der Waals surface area contributed by atoms with Gasteiger partial charge in [0.05, 0.1) is 34.5 Å². The summed E-state index contributed by atoms with van der Waals surface area (Å²) in [4.78, 5) is 23.8. The molecular formula is C24H22ClN3O4S2. The molecule has 176 valence electrons. The smallest absolute Gasteiger partial charge is 0.230 e. The molecule has 0 N–H and O–H groups in total. The molecule has 0 atom stereocenters. The number of rotatable bonds is 8. The summed E-state index contributed by atoms with van der Waals surface area (Å²) >= 11 is 7.54. The summed E-state index contributed by atoms with van der Waals surface area (Å²) < 4.78 is 31.6. The Bertz CT molecular complexity index is 1420. The summed E-state index contributed by atoms with van der Waals surface area (Å²) in [5, 5.41) is 1.08. The van der Waals surface area contributed by atoms with Gasteiger partial charge >= 0.3 is 0 Å². The SMILES string of the molecule is COc1ccc(S(=O)(=O)CCC(=O)N(Cc2cccnc2)c2nc3c(C)cc(Cl)cc3s2)cc1. The summed E-state index contributed by atoms with van der Waals surface area (Å²) in [6, 6.07) is 13.4. The minimum absolute atomic E-state index is 0.144. The summed E-state index contributed by atoms with van der Waals surface area (Å²) in [5.41, 5.74) is 2.47. The molecule has 0 spiro atoms. The normalized spacial score (nSPS) is 11.5. The lowest BCUT2D eigenvalue weighted by Gasteiger charge is -2.20. The molecule has 4 aromatic rings. The lowest BCUT2D eigenvalue weighted by Crippen LogP contribution is -2.31. The van der Waals surface area contributed by atoms with Crippen LogP contribution < -0.4 is 9.64 Å². The van der Waals surface area contributed by atoms with Crippen LogP contribution in [0, 0.1) is 6.92 Å². The predicted molar refractivity (Wildman–Crippen MR) is 134 cm³/mol. The van der Waals surface area contributed by atoms with Crippen molar-refractivity contribution in [2.24, 2.45) is 0 Å². The number of benzene rings is 2. The van der Waals surface area contributed by atoms with Crippen LogP contribution in [0.5, 0.6) is 5.75 Å². The summed E-state index contributed by atoms with van der Waals surface area (Å²) in [5.74, 6) is -0.107. The summed E-state index contributed by atoms with van der Waals surface area (Å²) in [6.07, 6.45) is 3.13. The number of hydrogen-bond donors (Lipinski definition) is 0. The second-order valence-corrected chi connectivity index (χ2v) is 11.2. The molecule has 0 saturated heterocycles. The fourth-order valence-electron chi connectivity index (χ4n) is 3.45. The molecule has 2 aromatic heterocycles. The van der Waals surface area contributed by atoms with Gasteiger partial charge in [-0.2, -0.15) is 0 Å². The highest BCUT2D eigenvalue weighted by molar-refractivity contribution is 7.91. The van der Waals surface area contributed by atoms with Crippen molar-refractivity contribution < 1.29 is 17.9 Å². The Kier molecular flexibility index (Phi) is 7.16. The first-order chi connectivity index (χ1) is 16.3. The van der Waals surface area contributed by atoms with Gasteiger partial charge in [-0.05, 0) is 60.5 Å². The van der Waals surface area contributed by atoms with Crippen LogP contribution in [0.15, 0.2) is 65.8 Å². The van der Waals surface area contributed by atoms with E-state index in [2.05, 4.69) is 9.97 Å². The van der Waals surface area contributed by atoms with Crippen LogP contribution in [0.4, 0.5) is 5.13 Å². The zero-order chi connectivity index (χ0) is 24.3. The Morgan fingerprint density at radius 3 is 2.62 bits per heavy atom. The molecule has 2 aromatic carbocycles. The molecule has 0 fully saturated rings. The minimum Gasteiger partial charge on any atom is -0.497 e. The van der Waals surface area contributed by atoms with Gasteiger partial charge < -0.3 is 4.74 Å². The molecule has 0 bridgehead atoms. The van der Waals surface area contributed by atoms with E-state index in [1.807, 2.05) is 25.1 Å². The number of carbonyl (C=O) groups is 1. The van der Waals surface area contributed by atoms with E-state index < -0.39 is 9.84 Å². The van der Waals surface area contributed by atoms with Crippen LogP contribution in [-0.2, 0) is 21.2 Å². The second-order valence-electron chi connectivity index (χ2n) is 7.65. The van der Waals surface area contributed by atoms with Crippen molar-refractivity contribution in [2.75, 3.05) is 17.8 Å². The highest BCUT2D eigenvalue weighted by Gasteiger charge is 2.24. The first-order valence-electron chi connectivity index (χ1n) is 10.4. The first-order valence-corrected chi connectivity index (χ1v) is 13.2. The molecule has 0 aliphatic carbocycles. The van der Waals surface area contributed by atoms with E-state index in [-0.39, 0.29) is 29.5 Å². The molecule has 7 nitrogen and oxygen atoms in total. The van der Waals surface area contributed by atoms with Gasteiger partial charge in [-0.3, -0.25) is 14.7 Å². The molecule has 0 saturated carbocycles. The third kappa shape index (κ3) is 5.38. The number of carbonyl (C=O) groups excluding carboxylic acids is 1. The largest absolute Gasteiger partial charge is 0.497 e. The van der Waals surface area contributed by atoms with E-state index in [9.17, 15) is 13.2 Å². The van der Waals surface area contributed by atoms with E-state index in [4.69, 9.17) is 16.3 Å². The Morgan fingerprint density at radius 1 is 1.18 bits per heavy atom. The number of sulfone groups is 1. The maximum Gasteiger partial charge on any atom is 0.230 e. The number of aryl methyl sites for hydroxylation is 1. The number of methoxy groups -OCH3 is 1. The number of amides is 1. The Balaban J connectivity index is 1.61. The van der Waals surface area contributed by atoms with Gasteiger partial charge in [0.2, 0.25) is 5.91 Å². The number of nitrogens with zero attached hydrogens (tertiary/aromatic N) is 3. The quantitative estimate of drug-likeness (QED) is 0.326. The third-order valence-electron chi connectivity index (χ3n) is 5.24. The molecule has 34 heavy (non-hydrogen) atoms. The van der Waals surface area contributed by atoms with Gasteiger partial charge in [0.25, 0.3) is 0 Å². The topological polar surface area (TPSA) is 89.5 Å². The maximum absolute atomic E-state index is 13.3. The van der Waals surface area contributed by atoms with E-state index >= 15 is 0 Å². The number of anilines is 1. The number of aromatic nitrogens is 2. The highest BCUT2D eigenvalue weighted by atomic mass is 35.5. The van der Waals surface area contributed by atoms with Crippen molar-refractivity contribution in [3.8, 4) is 5.75 Å². The fraction of sp³-hybridized carbons (Fsp3) is 0.208. The fourth-order valence-corrected chi connectivity index (χ4v) is 6.12. The molecule has 0 unspecified atom stereocenters. The van der Waals surface area contributed by atoms with E-state index in [0.717, 1.165) is 21.3 Å². The van der Waals surface area contributed by atoms with Crippen LogP contribution in [0.2, 0.25) is 5.02 Å². The first kappa shape index (κ1) is 24.1. The van der Waals surface area contributed by atoms with Gasteiger partial charge in [-0.15, -0.1) is 0 Å². The second kappa shape index (κ2) is 10.1. The van der Waals surface area contributed by atoms with Crippen LogP contribution >= 0.6 is 22.9 Å². The van der Waals surface area contributed by atoms with Crippen molar-refractivity contribution in [1.82, 2.24) is 9.97 Å². The Labute approximate surface area is 206 Å². The molecule has 0 radical (unpaired) electrons. The lowest BCUT2D eigenvalue weighted by atomic mass is 10.2. The molecule has 0 aliphatic rings. The van der Waals surface area contributed by atoms with Crippen molar-refractivity contribution in [3.63, 3.8) is 0 Å². The van der Waals surface area contributed by atoms with Crippen LogP contribution in [0.1, 0.15) is 17.5 Å². The van der Waals surface area contributed by atoms with Crippen LogP contribution in [0.3, 0.4) is 0 Å². The van der Waals surface area contributed by atoms with Gasteiger partial charge in [0.1, 0.15) is 5.75 Å². The van der Waals surface area contributed by atoms with Gasteiger partial charge in [0.15, 0.2) is 15.0 Å². The number of halogens is 1. The average molecular weight is 516 g/mol. The zero-order valence-electron chi connectivity index (χ0n) is 18.6. The number of ether oxygens (including phenoxy) is 1. The average Bonchev–Trinajstić information content (AvgIpc) is 3.26. The molecule has 4 rings (SSSR count). The standard InChI is InChI=1S/C24H22ClN3O4S2/c1-16-12-18(25)13-21-23(16)27-24(33-21)28(15-17-4-3-10-26-14-17)22(29)9-11-34(30,31)20-7-5-19(32-2)6-8-20/h3-8,10,12-14H,9,11,15H2,1-2H3. The van der Waals surface area contributed by atoms with E-state index in [1.54, 1.807) is 30.6 Å². The van der Waals surface area contributed by atoms with Crippen LogP contribution in [0.25, 0.3) is 10.2 Å². The number of hydrogen-bond acceptors (Lipinski definition) is 7. The van der Waals surface area contributed by atoms with Gasteiger partial charge in [0, 0.05) is 23.8 Å².